The first-order valence-corrected chi connectivity index (χ1v) is 25.8. The van der Waals surface area contributed by atoms with Crippen LogP contribution in [0.1, 0.15) is 204 Å². The van der Waals surface area contributed by atoms with Crippen LogP contribution in [0.4, 0.5) is 17.1 Å². The standard InChI is InChI=1S/C53H85ClN4O4/c1-4-6-8-9-10-11-12-13-14-15-16-17-23-34-53(60)62-42-41-61-44(3)57-37-39-58(40-38-57)46(28-20-7-5-2)36-35-45(54)27-21-18-19-22-33-52(59)47-29-26-32-49-48(47)43-55-50-30-24-25-31-51(50)56-49/h24-26,29-32,43-46,56H,4-23,27-28,33-42H2,1-3H3. The Morgan fingerprint density at radius 3 is 1.94 bits per heavy atom. The third-order valence-corrected chi connectivity index (χ3v) is 13.5. The van der Waals surface area contributed by atoms with Crippen molar-refractivity contribution in [2.45, 2.75) is 205 Å². The molecule has 3 atom stereocenters. The number of halogens is 1. The number of nitrogens with zero attached hydrogens (tertiary/aromatic N) is 3. The molecule has 0 spiro atoms. The number of aliphatic imine (C=N–C) groups is 1. The van der Waals surface area contributed by atoms with Gasteiger partial charge in [0, 0.05) is 73.5 Å². The smallest absolute Gasteiger partial charge is 0.305 e. The first-order valence-electron chi connectivity index (χ1n) is 25.3. The van der Waals surface area contributed by atoms with Crippen molar-refractivity contribution in [3.8, 4) is 0 Å². The molecular formula is C53H85ClN4O4. The molecule has 8 nitrogen and oxygen atoms in total. The third-order valence-electron chi connectivity index (χ3n) is 13.1. The molecule has 0 aliphatic carbocycles. The molecule has 0 amide bonds. The molecule has 348 valence electrons. The van der Waals surface area contributed by atoms with E-state index >= 15 is 0 Å². The van der Waals surface area contributed by atoms with E-state index in [1.165, 1.54) is 96.3 Å². The third kappa shape index (κ3) is 20.4. The number of carbonyl (C=O) groups is 2. The number of benzene rings is 2. The Bertz CT molecular complexity index is 1550. The van der Waals surface area contributed by atoms with Gasteiger partial charge in [0.2, 0.25) is 0 Å². The average molecular weight is 878 g/mol. The summed E-state index contributed by atoms with van der Waals surface area (Å²) in [5.74, 6) is 0.0923. The van der Waals surface area contributed by atoms with Crippen LogP contribution in [0, 0.1) is 0 Å². The maximum atomic E-state index is 13.3. The van der Waals surface area contributed by atoms with Gasteiger partial charge in [0.25, 0.3) is 0 Å². The van der Waals surface area contributed by atoms with Gasteiger partial charge in [-0.2, -0.15) is 0 Å². The van der Waals surface area contributed by atoms with E-state index in [9.17, 15) is 9.59 Å². The maximum absolute atomic E-state index is 13.3. The summed E-state index contributed by atoms with van der Waals surface area (Å²) in [6.07, 6.45) is 32.3. The average Bonchev–Trinajstić information content (AvgIpc) is 3.48. The number of ketones is 1. The Hall–Kier alpha value is -2.78. The summed E-state index contributed by atoms with van der Waals surface area (Å²) in [4.78, 5) is 35.3. The number of nitrogens with one attached hydrogen (secondary N) is 1. The van der Waals surface area contributed by atoms with Crippen molar-refractivity contribution in [3.05, 3.63) is 53.6 Å². The molecule has 2 aliphatic rings. The second kappa shape index (κ2) is 32.0. The zero-order valence-corrected chi connectivity index (χ0v) is 40.1. The number of anilines is 2. The van der Waals surface area contributed by atoms with Crippen LogP contribution in [-0.4, -0.2) is 84.8 Å². The molecule has 1 saturated heterocycles. The molecular weight excluding hydrogens is 792 g/mol. The molecule has 0 saturated carbocycles. The van der Waals surface area contributed by atoms with Crippen LogP contribution >= 0.6 is 11.6 Å². The van der Waals surface area contributed by atoms with Crippen LogP contribution < -0.4 is 5.32 Å². The van der Waals surface area contributed by atoms with Crippen LogP contribution in [0.25, 0.3) is 0 Å². The van der Waals surface area contributed by atoms with Crippen LogP contribution in [0.2, 0.25) is 0 Å². The molecule has 2 aliphatic heterocycles. The topological polar surface area (TPSA) is 83.5 Å². The summed E-state index contributed by atoms with van der Waals surface area (Å²) in [5.41, 5.74) is 4.38. The number of piperazine rings is 1. The lowest BCUT2D eigenvalue weighted by Crippen LogP contribution is -2.53. The van der Waals surface area contributed by atoms with Gasteiger partial charge in [0.15, 0.2) is 5.78 Å². The number of esters is 1. The van der Waals surface area contributed by atoms with E-state index < -0.39 is 0 Å². The molecule has 2 aromatic rings. The minimum absolute atomic E-state index is 0.0132. The van der Waals surface area contributed by atoms with Crippen molar-refractivity contribution in [1.82, 2.24) is 9.80 Å². The monoisotopic (exact) mass is 877 g/mol. The Morgan fingerprint density at radius 1 is 0.645 bits per heavy atom. The fourth-order valence-corrected chi connectivity index (χ4v) is 9.41. The number of ether oxygens (including phenoxy) is 2. The molecule has 1 fully saturated rings. The second-order valence-corrected chi connectivity index (χ2v) is 18.7. The van der Waals surface area contributed by atoms with Crippen molar-refractivity contribution in [3.63, 3.8) is 0 Å². The van der Waals surface area contributed by atoms with Crippen molar-refractivity contribution in [2.24, 2.45) is 4.99 Å². The van der Waals surface area contributed by atoms with Gasteiger partial charge < -0.3 is 14.8 Å². The molecule has 1 N–H and O–H groups in total. The Morgan fingerprint density at radius 2 is 1.23 bits per heavy atom. The van der Waals surface area contributed by atoms with Gasteiger partial charge in [-0.15, -0.1) is 11.6 Å². The number of hydrogen-bond donors (Lipinski definition) is 1. The van der Waals surface area contributed by atoms with Crippen molar-refractivity contribution >= 4 is 46.6 Å². The Balaban J connectivity index is 1.02. The SMILES string of the molecule is CCCCCCCCCCCCCCCC(=O)OCCOC(C)N1CCN(C(CCCCC)CCC(Cl)CCCCCCC(=O)c2cccc3c2C=Nc2ccccc2N3)CC1. The second-order valence-electron chi connectivity index (χ2n) is 18.1. The fraction of sp³-hybridized carbons (Fsp3) is 0.717. The molecule has 4 rings (SSSR count). The van der Waals surface area contributed by atoms with Gasteiger partial charge >= 0.3 is 5.97 Å². The van der Waals surface area contributed by atoms with Crippen LogP contribution in [-0.2, 0) is 14.3 Å². The first-order chi connectivity index (χ1) is 30.4. The molecule has 2 heterocycles. The summed E-state index contributed by atoms with van der Waals surface area (Å²) in [6.45, 7) is 11.5. The number of alkyl halides is 1. The molecule has 2 aromatic carbocycles. The zero-order chi connectivity index (χ0) is 44.0. The highest BCUT2D eigenvalue weighted by Crippen LogP contribution is 2.33. The number of rotatable bonds is 35. The lowest BCUT2D eigenvalue weighted by Gasteiger charge is -2.41. The van der Waals surface area contributed by atoms with Crippen molar-refractivity contribution in [2.75, 3.05) is 44.7 Å². The van der Waals surface area contributed by atoms with Gasteiger partial charge in [0.1, 0.15) is 12.8 Å². The fourth-order valence-electron chi connectivity index (χ4n) is 9.13. The Kier molecular flexibility index (Phi) is 26.7. The van der Waals surface area contributed by atoms with E-state index in [2.05, 4.69) is 40.9 Å². The summed E-state index contributed by atoms with van der Waals surface area (Å²) < 4.78 is 11.6. The van der Waals surface area contributed by atoms with E-state index in [1.54, 1.807) is 0 Å². The number of para-hydroxylation sites is 2. The normalized spacial score (nSPS) is 15.6. The molecule has 0 aromatic heterocycles. The summed E-state index contributed by atoms with van der Waals surface area (Å²) in [5, 5.41) is 3.65. The number of carbonyl (C=O) groups excluding carboxylic acids is 2. The van der Waals surface area contributed by atoms with Gasteiger partial charge in [-0.3, -0.25) is 24.4 Å². The molecule has 0 bridgehead atoms. The highest BCUT2D eigenvalue weighted by Gasteiger charge is 2.27. The van der Waals surface area contributed by atoms with Gasteiger partial charge in [0.05, 0.1) is 18.0 Å². The van der Waals surface area contributed by atoms with Crippen LogP contribution in [0.15, 0.2) is 47.5 Å². The predicted octanol–water partition coefficient (Wildman–Crippen LogP) is 14.4. The summed E-state index contributed by atoms with van der Waals surface area (Å²) >= 11 is 6.95. The Labute approximate surface area is 382 Å². The highest BCUT2D eigenvalue weighted by molar-refractivity contribution is 6.20. The number of unbranched alkanes of at least 4 members (excludes halogenated alkanes) is 17. The van der Waals surface area contributed by atoms with E-state index in [0.29, 0.717) is 32.1 Å². The van der Waals surface area contributed by atoms with Crippen molar-refractivity contribution < 1.29 is 19.1 Å². The number of fused-ring (bicyclic) bond motifs is 2. The van der Waals surface area contributed by atoms with Crippen LogP contribution in [0.5, 0.6) is 0 Å². The van der Waals surface area contributed by atoms with Gasteiger partial charge in [-0.25, -0.2) is 0 Å². The number of hydrogen-bond acceptors (Lipinski definition) is 8. The van der Waals surface area contributed by atoms with Gasteiger partial charge in [-0.05, 0) is 63.6 Å². The summed E-state index contributed by atoms with van der Waals surface area (Å²) in [7, 11) is 0. The van der Waals surface area contributed by atoms with E-state index in [4.69, 9.17) is 21.1 Å². The molecule has 3 unspecified atom stereocenters. The van der Waals surface area contributed by atoms with Gasteiger partial charge in [-0.1, -0.05) is 154 Å². The maximum Gasteiger partial charge on any atom is 0.305 e. The molecule has 9 heteroatoms. The number of Topliss-reactive ketones (excluding diaryl/α,β-unsaturated/α-hetero) is 1. The van der Waals surface area contributed by atoms with E-state index in [0.717, 1.165) is 112 Å². The quantitative estimate of drug-likeness (QED) is 0.0273. The zero-order valence-electron chi connectivity index (χ0n) is 39.3. The largest absolute Gasteiger partial charge is 0.463 e. The summed E-state index contributed by atoms with van der Waals surface area (Å²) in [6, 6.07) is 14.4. The van der Waals surface area contributed by atoms with E-state index in [1.807, 2.05) is 48.7 Å². The lowest BCUT2D eigenvalue weighted by molar-refractivity contribution is -0.148. The first kappa shape index (κ1) is 51.9. The van der Waals surface area contributed by atoms with Crippen LogP contribution in [0.3, 0.4) is 0 Å². The minimum atomic E-state index is -0.0894. The molecule has 0 radical (unpaired) electrons. The van der Waals surface area contributed by atoms with E-state index in [-0.39, 0.29) is 23.4 Å². The highest BCUT2D eigenvalue weighted by atomic mass is 35.5. The minimum Gasteiger partial charge on any atom is -0.463 e. The predicted molar refractivity (Wildman–Crippen MR) is 262 cm³/mol. The molecule has 62 heavy (non-hydrogen) atoms. The lowest BCUT2D eigenvalue weighted by atomic mass is 9.97. The van der Waals surface area contributed by atoms with Crippen molar-refractivity contribution in [1.29, 1.82) is 0 Å².